The lowest BCUT2D eigenvalue weighted by Crippen LogP contribution is -2.46. The zero-order valence-electron chi connectivity index (χ0n) is 16.8. The molecule has 6 heteroatoms. The van der Waals surface area contributed by atoms with Gasteiger partial charge in [0.25, 0.3) is 0 Å². The highest BCUT2D eigenvalue weighted by atomic mass is 15.3. The summed E-state index contributed by atoms with van der Waals surface area (Å²) in [4.78, 5) is 9.46. The lowest BCUT2D eigenvalue weighted by Gasteiger charge is -2.36. The minimum absolute atomic E-state index is 0.657. The van der Waals surface area contributed by atoms with Crippen molar-refractivity contribution in [3.63, 3.8) is 0 Å². The first kappa shape index (κ1) is 19.4. The number of hydrogen-bond donors (Lipinski definition) is 1. The van der Waals surface area contributed by atoms with Gasteiger partial charge in [-0.2, -0.15) is 5.26 Å². The largest absolute Gasteiger partial charge is 0.369 e. The molecule has 3 heterocycles. The number of nitrogens with one attached hydrogen (secondary N) is 1. The Balaban J connectivity index is 1.13. The van der Waals surface area contributed by atoms with Crippen LogP contribution in [0.3, 0.4) is 0 Å². The van der Waals surface area contributed by atoms with Crippen LogP contribution in [0.5, 0.6) is 0 Å². The second-order valence-electron chi connectivity index (χ2n) is 7.56. The number of nitriles is 1. The molecule has 1 aliphatic heterocycles. The third kappa shape index (κ3) is 4.94. The topological polar surface area (TPSA) is 59.6 Å². The molecule has 1 fully saturated rings. The van der Waals surface area contributed by atoms with Crippen molar-refractivity contribution in [2.75, 3.05) is 44.2 Å². The molecule has 0 bridgehead atoms. The van der Waals surface area contributed by atoms with Crippen molar-refractivity contribution in [2.45, 2.75) is 19.4 Å². The van der Waals surface area contributed by atoms with Gasteiger partial charge in [-0.15, -0.1) is 0 Å². The Kier molecular flexibility index (Phi) is 6.40. The van der Waals surface area contributed by atoms with E-state index < -0.39 is 0 Å². The zero-order valence-corrected chi connectivity index (χ0v) is 16.8. The van der Waals surface area contributed by atoms with Crippen molar-refractivity contribution in [3.05, 3.63) is 66.1 Å². The molecule has 2 aromatic heterocycles. The summed E-state index contributed by atoms with van der Waals surface area (Å²) in [6.07, 6.45) is 6.12. The molecule has 29 heavy (non-hydrogen) atoms. The summed E-state index contributed by atoms with van der Waals surface area (Å²) in [6, 6.07) is 16.6. The van der Waals surface area contributed by atoms with Crippen LogP contribution in [-0.2, 0) is 6.54 Å². The molecule has 6 nitrogen and oxygen atoms in total. The Bertz CT molecular complexity index is 950. The van der Waals surface area contributed by atoms with E-state index in [0.29, 0.717) is 5.56 Å². The normalized spacial score (nSPS) is 14.9. The first-order valence-corrected chi connectivity index (χ1v) is 10.4. The van der Waals surface area contributed by atoms with Crippen LogP contribution in [0.25, 0.3) is 5.65 Å². The lowest BCUT2D eigenvalue weighted by molar-refractivity contribution is 0.252. The molecule has 0 saturated carbocycles. The number of nitrogens with zero attached hydrogens (tertiary/aromatic N) is 5. The maximum Gasteiger partial charge on any atom is 0.137 e. The number of piperazine rings is 1. The first-order valence-electron chi connectivity index (χ1n) is 10.4. The third-order valence-corrected chi connectivity index (χ3v) is 5.59. The minimum Gasteiger partial charge on any atom is -0.369 e. The standard InChI is InChI=1S/C23H28N6/c24-16-20-8-9-23-26-18-22(29(23)19-20)17-25-10-4-5-11-27-12-14-28(15-13-27)21-6-2-1-3-7-21/h1-3,6-9,18-19,25H,4-5,10-15,17H2. The second-order valence-corrected chi connectivity index (χ2v) is 7.56. The van der Waals surface area contributed by atoms with Gasteiger partial charge in [0.1, 0.15) is 11.7 Å². The van der Waals surface area contributed by atoms with Crippen LogP contribution in [-0.4, -0.2) is 53.6 Å². The Morgan fingerprint density at radius 1 is 1.00 bits per heavy atom. The fraction of sp³-hybridized carbons (Fsp3) is 0.391. The quantitative estimate of drug-likeness (QED) is 0.601. The van der Waals surface area contributed by atoms with Crippen molar-refractivity contribution in [2.24, 2.45) is 0 Å². The van der Waals surface area contributed by atoms with E-state index in [4.69, 9.17) is 5.26 Å². The van der Waals surface area contributed by atoms with Gasteiger partial charge in [0.15, 0.2) is 0 Å². The van der Waals surface area contributed by atoms with Crippen molar-refractivity contribution in [1.29, 1.82) is 5.26 Å². The number of pyridine rings is 1. The molecular weight excluding hydrogens is 360 g/mol. The maximum atomic E-state index is 9.07. The van der Waals surface area contributed by atoms with Crippen LogP contribution in [0.15, 0.2) is 54.9 Å². The molecule has 1 N–H and O–H groups in total. The molecule has 4 rings (SSSR count). The fourth-order valence-corrected chi connectivity index (χ4v) is 3.90. The molecule has 1 aliphatic rings. The number of rotatable bonds is 8. The monoisotopic (exact) mass is 388 g/mol. The smallest absolute Gasteiger partial charge is 0.137 e. The van der Waals surface area contributed by atoms with Crippen molar-refractivity contribution in [3.8, 4) is 6.07 Å². The summed E-state index contributed by atoms with van der Waals surface area (Å²) in [7, 11) is 0. The number of aromatic nitrogens is 2. The highest BCUT2D eigenvalue weighted by Gasteiger charge is 2.16. The van der Waals surface area contributed by atoms with Gasteiger partial charge in [-0.25, -0.2) is 4.98 Å². The number of unbranched alkanes of at least 4 members (excludes halogenated alkanes) is 1. The van der Waals surface area contributed by atoms with E-state index in [-0.39, 0.29) is 0 Å². The van der Waals surface area contributed by atoms with Crippen molar-refractivity contribution in [1.82, 2.24) is 19.6 Å². The Labute approximate surface area is 172 Å². The van der Waals surface area contributed by atoms with Crippen LogP contribution >= 0.6 is 0 Å². The highest BCUT2D eigenvalue weighted by Crippen LogP contribution is 2.15. The Morgan fingerprint density at radius 3 is 2.62 bits per heavy atom. The molecule has 0 amide bonds. The molecular formula is C23H28N6. The average Bonchev–Trinajstić information content (AvgIpc) is 3.19. The van der Waals surface area contributed by atoms with Gasteiger partial charge in [0, 0.05) is 44.6 Å². The number of hydrogen-bond acceptors (Lipinski definition) is 5. The van der Waals surface area contributed by atoms with E-state index in [0.717, 1.165) is 50.6 Å². The summed E-state index contributed by atoms with van der Waals surface area (Å²) in [6.45, 7) is 7.45. The van der Waals surface area contributed by atoms with E-state index in [2.05, 4.69) is 56.5 Å². The van der Waals surface area contributed by atoms with Gasteiger partial charge in [-0.1, -0.05) is 18.2 Å². The summed E-state index contributed by atoms with van der Waals surface area (Å²) >= 11 is 0. The van der Waals surface area contributed by atoms with Crippen LogP contribution in [0.1, 0.15) is 24.1 Å². The SMILES string of the molecule is N#Cc1ccc2ncc(CNCCCCN3CCN(c4ccccc4)CC3)n2c1. The van der Waals surface area contributed by atoms with Gasteiger partial charge in [-0.3, -0.25) is 4.90 Å². The Morgan fingerprint density at radius 2 is 1.83 bits per heavy atom. The van der Waals surface area contributed by atoms with E-state index in [9.17, 15) is 0 Å². The summed E-state index contributed by atoms with van der Waals surface area (Å²) in [5, 5.41) is 12.6. The minimum atomic E-state index is 0.657. The molecule has 1 aromatic carbocycles. The average molecular weight is 389 g/mol. The Hall–Kier alpha value is -2.88. The van der Waals surface area contributed by atoms with Crippen LogP contribution in [0.2, 0.25) is 0 Å². The molecule has 150 valence electrons. The number of benzene rings is 1. The number of imidazole rings is 1. The van der Waals surface area contributed by atoms with Gasteiger partial charge in [-0.05, 0) is 50.2 Å². The summed E-state index contributed by atoms with van der Waals surface area (Å²) in [5.74, 6) is 0. The lowest BCUT2D eigenvalue weighted by atomic mass is 10.2. The maximum absolute atomic E-state index is 9.07. The molecule has 0 unspecified atom stereocenters. The molecule has 0 aliphatic carbocycles. The third-order valence-electron chi connectivity index (χ3n) is 5.59. The van der Waals surface area contributed by atoms with E-state index in [1.165, 1.54) is 25.1 Å². The van der Waals surface area contributed by atoms with E-state index >= 15 is 0 Å². The molecule has 0 radical (unpaired) electrons. The first-order chi connectivity index (χ1) is 14.3. The summed E-state index contributed by atoms with van der Waals surface area (Å²) in [5.41, 5.74) is 3.97. The van der Waals surface area contributed by atoms with Gasteiger partial charge in [0.05, 0.1) is 17.5 Å². The van der Waals surface area contributed by atoms with Gasteiger partial charge < -0.3 is 14.6 Å². The second kappa shape index (κ2) is 9.55. The number of fused-ring (bicyclic) bond motifs is 1. The molecule has 0 atom stereocenters. The van der Waals surface area contributed by atoms with Crippen LogP contribution in [0, 0.1) is 11.3 Å². The van der Waals surface area contributed by atoms with Crippen LogP contribution in [0.4, 0.5) is 5.69 Å². The fourth-order valence-electron chi connectivity index (χ4n) is 3.90. The van der Waals surface area contributed by atoms with Crippen LogP contribution < -0.4 is 10.2 Å². The van der Waals surface area contributed by atoms with E-state index in [1.807, 2.05) is 22.9 Å². The van der Waals surface area contributed by atoms with Crippen molar-refractivity contribution >= 4 is 11.3 Å². The predicted molar refractivity (Wildman–Crippen MR) is 116 cm³/mol. The predicted octanol–water partition coefficient (Wildman–Crippen LogP) is 2.90. The van der Waals surface area contributed by atoms with E-state index in [1.54, 1.807) is 6.07 Å². The highest BCUT2D eigenvalue weighted by molar-refractivity contribution is 5.46. The number of para-hydroxylation sites is 1. The zero-order chi connectivity index (χ0) is 19.9. The summed E-state index contributed by atoms with van der Waals surface area (Å²) < 4.78 is 2.00. The number of anilines is 1. The van der Waals surface area contributed by atoms with Gasteiger partial charge in [0.2, 0.25) is 0 Å². The molecule has 1 saturated heterocycles. The molecule has 0 spiro atoms. The van der Waals surface area contributed by atoms with Gasteiger partial charge >= 0.3 is 0 Å². The molecule has 3 aromatic rings. The van der Waals surface area contributed by atoms with Crippen molar-refractivity contribution < 1.29 is 0 Å².